The van der Waals surface area contributed by atoms with Crippen LogP contribution < -0.4 is 4.74 Å². The van der Waals surface area contributed by atoms with Gasteiger partial charge in [-0.1, -0.05) is 36.8 Å². The second-order valence-corrected chi connectivity index (χ2v) is 11.3. The number of benzene rings is 3. The van der Waals surface area contributed by atoms with Crippen LogP contribution in [-0.2, 0) is 16.1 Å². The molecule has 1 saturated heterocycles. The Morgan fingerprint density at radius 1 is 0.950 bits per heavy atom. The number of piperidine rings is 1. The molecule has 3 aromatic carbocycles. The van der Waals surface area contributed by atoms with Gasteiger partial charge in [-0.2, -0.15) is 13.2 Å². The van der Waals surface area contributed by atoms with E-state index >= 15 is 0 Å². The maximum atomic E-state index is 13.2. The van der Waals surface area contributed by atoms with Gasteiger partial charge in [-0.3, -0.25) is 9.80 Å². The van der Waals surface area contributed by atoms with Crippen LogP contribution in [0.5, 0.6) is 11.5 Å². The van der Waals surface area contributed by atoms with E-state index in [1.165, 1.54) is 19.3 Å². The Bertz CT molecular complexity index is 1330. The van der Waals surface area contributed by atoms with Crippen molar-refractivity contribution in [2.24, 2.45) is 0 Å². The summed E-state index contributed by atoms with van der Waals surface area (Å²) in [6.45, 7) is 3.41. The number of hydrogen-bond donors (Lipinski definition) is 0. The number of rotatable bonds is 7. The lowest BCUT2D eigenvalue weighted by Gasteiger charge is -2.38. The minimum atomic E-state index is -5.09. The van der Waals surface area contributed by atoms with Gasteiger partial charge in [0.25, 0.3) is 0 Å². The van der Waals surface area contributed by atoms with Gasteiger partial charge in [0.05, 0.1) is 0 Å². The topological polar surface area (TPSA) is 42.0 Å². The fourth-order valence-corrected chi connectivity index (χ4v) is 5.94. The molecule has 0 N–H and O–H groups in total. The van der Waals surface area contributed by atoms with Crippen molar-refractivity contribution in [2.75, 3.05) is 32.9 Å². The summed E-state index contributed by atoms with van der Waals surface area (Å²) in [5.41, 5.74) is 3.46. The van der Waals surface area contributed by atoms with E-state index in [4.69, 9.17) is 9.47 Å². The number of nitrogens with zero attached hydrogens (tertiary/aromatic N) is 2. The van der Waals surface area contributed by atoms with Crippen LogP contribution in [0.15, 0.2) is 71.6 Å². The molecule has 0 bridgehead atoms. The van der Waals surface area contributed by atoms with E-state index in [0.29, 0.717) is 23.6 Å². The first kappa shape index (κ1) is 28.5. The van der Waals surface area contributed by atoms with Gasteiger partial charge in [-0.05, 0) is 92.3 Å². The van der Waals surface area contributed by atoms with E-state index in [9.17, 15) is 18.0 Å². The standard InChI is InChI=1S/C31H33F3N2O3S/c1-35-20-28(22-9-12-25(40-2)13-10-22)26-14-11-24(18-27(26)29(35)39-30(37)31(32,33)34)38-23-8-6-7-21(17-23)19-36-15-4-3-5-16-36/h6-14,17-18,28-29H,3-5,15-16,19-20H2,1-2H3. The number of carbonyl (C=O) groups is 1. The van der Waals surface area contributed by atoms with Crippen molar-refractivity contribution in [1.29, 1.82) is 0 Å². The molecule has 5 rings (SSSR count). The second-order valence-electron chi connectivity index (χ2n) is 10.4. The summed E-state index contributed by atoms with van der Waals surface area (Å²) in [5, 5.41) is 0. The Morgan fingerprint density at radius 2 is 1.68 bits per heavy atom. The van der Waals surface area contributed by atoms with Gasteiger partial charge >= 0.3 is 12.1 Å². The maximum Gasteiger partial charge on any atom is 0.490 e. The molecule has 0 saturated carbocycles. The molecule has 40 heavy (non-hydrogen) atoms. The molecule has 3 aromatic rings. The number of halogens is 3. The first-order chi connectivity index (χ1) is 19.2. The highest BCUT2D eigenvalue weighted by Crippen LogP contribution is 2.42. The molecular weight excluding hydrogens is 537 g/mol. The van der Waals surface area contributed by atoms with Crippen molar-refractivity contribution in [3.63, 3.8) is 0 Å². The summed E-state index contributed by atoms with van der Waals surface area (Å²) in [4.78, 5) is 17.1. The first-order valence-electron chi connectivity index (χ1n) is 13.5. The van der Waals surface area contributed by atoms with Crippen molar-refractivity contribution in [3.8, 4) is 11.5 Å². The van der Waals surface area contributed by atoms with Crippen LogP contribution in [0.2, 0.25) is 0 Å². The predicted octanol–water partition coefficient (Wildman–Crippen LogP) is 7.37. The van der Waals surface area contributed by atoms with E-state index in [2.05, 4.69) is 11.0 Å². The summed E-state index contributed by atoms with van der Waals surface area (Å²) in [6.07, 6.45) is -0.584. The van der Waals surface area contributed by atoms with E-state index in [1.807, 2.05) is 60.9 Å². The molecule has 2 unspecified atom stereocenters. The van der Waals surface area contributed by atoms with Gasteiger partial charge in [0, 0.05) is 29.5 Å². The van der Waals surface area contributed by atoms with Crippen molar-refractivity contribution in [3.05, 3.63) is 89.0 Å². The molecule has 1 fully saturated rings. The van der Waals surface area contributed by atoms with Crippen LogP contribution in [0.25, 0.3) is 0 Å². The van der Waals surface area contributed by atoms with Crippen molar-refractivity contribution >= 4 is 17.7 Å². The van der Waals surface area contributed by atoms with Gasteiger partial charge in [0.2, 0.25) is 0 Å². The van der Waals surface area contributed by atoms with Crippen molar-refractivity contribution in [2.45, 2.75) is 49.0 Å². The Labute approximate surface area is 237 Å². The van der Waals surface area contributed by atoms with Crippen LogP contribution >= 0.6 is 11.8 Å². The molecule has 9 heteroatoms. The number of ether oxygens (including phenoxy) is 2. The maximum absolute atomic E-state index is 13.2. The van der Waals surface area contributed by atoms with Crippen LogP contribution in [-0.4, -0.2) is 54.9 Å². The van der Waals surface area contributed by atoms with Gasteiger partial charge in [0.15, 0.2) is 6.23 Å². The quantitative estimate of drug-likeness (QED) is 0.218. The fraction of sp³-hybridized carbons (Fsp3) is 0.387. The average Bonchev–Trinajstić information content (AvgIpc) is 2.94. The molecular formula is C31H33F3N2O3S. The lowest BCUT2D eigenvalue weighted by molar-refractivity contribution is -0.213. The molecule has 0 spiro atoms. The smallest absolute Gasteiger partial charge is 0.457 e. The molecule has 2 heterocycles. The first-order valence-corrected chi connectivity index (χ1v) is 14.7. The third kappa shape index (κ3) is 6.65. The van der Waals surface area contributed by atoms with Crippen LogP contribution in [0.3, 0.4) is 0 Å². The SMILES string of the molecule is CSc1ccc(C2CN(C)C(OC(=O)C(F)(F)F)c3cc(Oc4cccc(CN5CCCCC5)c4)ccc32)cc1. The van der Waals surface area contributed by atoms with Crippen LogP contribution in [0, 0.1) is 0 Å². The van der Waals surface area contributed by atoms with Crippen LogP contribution in [0.4, 0.5) is 13.2 Å². The Kier molecular flexibility index (Phi) is 8.73. The lowest BCUT2D eigenvalue weighted by Crippen LogP contribution is -2.40. The third-order valence-electron chi connectivity index (χ3n) is 7.53. The second kappa shape index (κ2) is 12.2. The highest BCUT2D eigenvalue weighted by Gasteiger charge is 2.45. The number of thioether (sulfide) groups is 1. The van der Waals surface area contributed by atoms with E-state index < -0.39 is 18.4 Å². The zero-order chi connectivity index (χ0) is 28.3. The fourth-order valence-electron chi connectivity index (χ4n) is 5.53. The minimum absolute atomic E-state index is 0.112. The molecule has 0 radical (unpaired) electrons. The largest absolute Gasteiger partial charge is 0.490 e. The molecule has 0 aromatic heterocycles. The van der Waals surface area contributed by atoms with Crippen LogP contribution in [0.1, 0.15) is 53.7 Å². The number of hydrogen-bond acceptors (Lipinski definition) is 6. The van der Waals surface area contributed by atoms with Gasteiger partial charge < -0.3 is 9.47 Å². The Hall–Kier alpha value is -3.01. The number of esters is 1. The number of carbonyl (C=O) groups excluding carboxylic acids is 1. The number of likely N-dealkylation sites (tertiary alicyclic amines) is 1. The average molecular weight is 571 g/mol. The monoisotopic (exact) mass is 570 g/mol. The number of alkyl halides is 3. The summed E-state index contributed by atoms with van der Waals surface area (Å²) >= 11 is 1.64. The molecule has 0 amide bonds. The predicted molar refractivity (Wildman–Crippen MR) is 150 cm³/mol. The van der Waals surface area contributed by atoms with E-state index in [0.717, 1.165) is 41.2 Å². The lowest BCUT2D eigenvalue weighted by atomic mass is 9.84. The summed E-state index contributed by atoms with van der Waals surface area (Å²) in [5.74, 6) is -1.21. The van der Waals surface area contributed by atoms with E-state index in [-0.39, 0.29) is 5.92 Å². The highest BCUT2D eigenvalue weighted by atomic mass is 32.2. The molecule has 2 atom stereocenters. The minimum Gasteiger partial charge on any atom is -0.457 e. The number of fused-ring (bicyclic) bond motifs is 1. The van der Waals surface area contributed by atoms with Gasteiger partial charge in [0.1, 0.15) is 11.5 Å². The Balaban J connectivity index is 1.44. The zero-order valence-corrected chi connectivity index (χ0v) is 23.4. The van der Waals surface area contributed by atoms with E-state index in [1.54, 1.807) is 29.8 Å². The summed E-state index contributed by atoms with van der Waals surface area (Å²) in [7, 11) is 1.66. The third-order valence-corrected chi connectivity index (χ3v) is 8.27. The molecule has 0 aliphatic carbocycles. The summed E-state index contributed by atoms with van der Waals surface area (Å²) in [6, 6.07) is 21.4. The molecule has 5 nitrogen and oxygen atoms in total. The van der Waals surface area contributed by atoms with Gasteiger partial charge in [-0.15, -0.1) is 11.8 Å². The molecule has 2 aliphatic rings. The normalized spacial score (nSPS) is 20.1. The number of likely N-dealkylation sites (N-methyl/N-ethyl adjacent to an activating group) is 1. The Morgan fingerprint density at radius 3 is 2.38 bits per heavy atom. The van der Waals surface area contributed by atoms with Crippen molar-refractivity contribution < 1.29 is 27.4 Å². The van der Waals surface area contributed by atoms with Crippen molar-refractivity contribution in [1.82, 2.24) is 9.80 Å². The summed E-state index contributed by atoms with van der Waals surface area (Å²) < 4.78 is 50.7. The molecule has 212 valence electrons. The highest BCUT2D eigenvalue weighted by molar-refractivity contribution is 7.98. The van der Waals surface area contributed by atoms with Gasteiger partial charge in [-0.25, -0.2) is 4.79 Å². The molecule has 2 aliphatic heterocycles. The zero-order valence-electron chi connectivity index (χ0n) is 22.6.